The molecule has 0 aromatic rings. The van der Waals surface area contributed by atoms with Gasteiger partial charge >= 0.3 is 0 Å². The molecule has 128 valence electrons. The van der Waals surface area contributed by atoms with Gasteiger partial charge in [0.05, 0.1) is 0 Å². The van der Waals surface area contributed by atoms with Gasteiger partial charge in [-0.05, 0) is 75.5 Å². The molecule has 2 heteroatoms. The van der Waals surface area contributed by atoms with Gasteiger partial charge in [0, 0.05) is 17.9 Å². The molecule has 1 unspecified atom stereocenters. The molecule has 0 saturated heterocycles. The third-order valence-corrected chi connectivity index (χ3v) is 8.40. The minimum Gasteiger partial charge on any atom is -0.396 e. The molecule has 0 aromatic heterocycles. The number of carbonyl (C=O) groups is 1. The normalized spacial score (nSPS) is 46.1. The molecule has 4 rings (SSSR count). The molecule has 0 heterocycles. The van der Waals surface area contributed by atoms with Crippen LogP contribution in [0.1, 0.15) is 78.1 Å². The van der Waals surface area contributed by atoms with Gasteiger partial charge in [-0.1, -0.05) is 30.9 Å². The number of ketones is 1. The smallest absolute Gasteiger partial charge is 0.133 e. The highest BCUT2D eigenvalue weighted by Crippen LogP contribution is 2.64. The zero-order valence-electron chi connectivity index (χ0n) is 14.9. The Kier molecular flexibility index (Phi) is 3.75. The topological polar surface area (TPSA) is 37.3 Å². The van der Waals surface area contributed by atoms with Gasteiger partial charge < -0.3 is 5.11 Å². The molecule has 0 radical (unpaired) electrons. The quantitative estimate of drug-likeness (QED) is 0.752. The van der Waals surface area contributed by atoms with E-state index < -0.39 is 0 Å². The van der Waals surface area contributed by atoms with Crippen LogP contribution in [0.25, 0.3) is 0 Å². The molecule has 0 aliphatic heterocycles. The van der Waals surface area contributed by atoms with Crippen molar-refractivity contribution in [1.82, 2.24) is 0 Å². The molecule has 2 nitrogen and oxygen atoms in total. The monoisotopic (exact) mass is 316 g/mol. The fraction of sp³-hybridized carbons (Fsp3) is 0.857. The van der Waals surface area contributed by atoms with Gasteiger partial charge in [-0.25, -0.2) is 0 Å². The lowest BCUT2D eigenvalue weighted by Gasteiger charge is -2.56. The number of hydrogen-bond acceptors (Lipinski definition) is 2. The maximum atomic E-state index is 12.2. The standard InChI is InChI=1S/C21H32O2/c1-14(23)17-8-9-18-16-7-6-15-5-3-4-11-21(15,13-22)19(16)10-12-20(17,18)2/h15,17,19,22H,3-13H2,1-2H3/t15?,17-,19+,20-,21-/m1/s1. The van der Waals surface area contributed by atoms with E-state index in [1.165, 1.54) is 44.9 Å². The molecule has 0 aromatic carbocycles. The van der Waals surface area contributed by atoms with E-state index in [4.69, 9.17) is 0 Å². The van der Waals surface area contributed by atoms with E-state index in [0.29, 0.717) is 18.3 Å². The first-order chi connectivity index (χ1) is 11.0. The van der Waals surface area contributed by atoms with Crippen molar-refractivity contribution < 1.29 is 9.90 Å². The fourth-order valence-electron chi connectivity index (χ4n) is 7.27. The summed E-state index contributed by atoms with van der Waals surface area (Å²) >= 11 is 0. The molecule has 0 amide bonds. The summed E-state index contributed by atoms with van der Waals surface area (Å²) in [4.78, 5) is 12.2. The molecular formula is C21H32O2. The van der Waals surface area contributed by atoms with Crippen LogP contribution in [0.3, 0.4) is 0 Å². The molecule has 5 atom stereocenters. The molecule has 3 fully saturated rings. The average molecular weight is 316 g/mol. The van der Waals surface area contributed by atoms with Crippen LogP contribution in [0.5, 0.6) is 0 Å². The summed E-state index contributed by atoms with van der Waals surface area (Å²) in [5.41, 5.74) is 3.64. The molecule has 4 aliphatic carbocycles. The highest BCUT2D eigenvalue weighted by atomic mass is 16.3. The van der Waals surface area contributed by atoms with Crippen molar-refractivity contribution in [2.45, 2.75) is 78.1 Å². The fourth-order valence-corrected chi connectivity index (χ4v) is 7.27. The van der Waals surface area contributed by atoms with Gasteiger partial charge in [0.2, 0.25) is 0 Å². The molecule has 0 spiro atoms. The van der Waals surface area contributed by atoms with E-state index in [-0.39, 0.29) is 16.7 Å². The Morgan fingerprint density at radius 1 is 1.13 bits per heavy atom. The number of aliphatic hydroxyl groups excluding tert-OH is 1. The lowest BCUT2D eigenvalue weighted by molar-refractivity contribution is -0.123. The van der Waals surface area contributed by atoms with Gasteiger partial charge in [0.1, 0.15) is 5.78 Å². The highest BCUT2D eigenvalue weighted by Gasteiger charge is 2.56. The van der Waals surface area contributed by atoms with Crippen molar-refractivity contribution in [1.29, 1.82) is 0 Å². The van der Waals surface area contributed by atoms with Crippen LogP contribution < -0.4 is 0 Å². The van der Waals surface area contributed by atoms with Crippen molar-refractivity contribution in [3.8, 4) is 0 Å². The third-order valence-electron chi connectivity index (χ3n) is 8.40. The Morgan fingerprint density at radius 2 is 1.96 bits per heavy atom. The number of rotatable bonds is 2. The van der Waals surface area contributed by atoms with Crippen LogP contribution in [-0.2, 0) is 4.79 Å². The summed E-state index contributed by atoms with van der Waals surface area (Å²) in [6.45, 7) is 4.54. The van der Waals surface area contributed by atoms with Crippen LogP contribution in [0.4, 0.5) is 0 Å². The van der Waals surface area contributed by atoms with Crippen molar-refractivity contribution in [2.75, 3.05) is 6.61 Å². The minimum atomic E-state index is 0.135. The summed E-state index contributed by atoms with van der Waals surface area (Å²) in [7, 11) is 0. The SMILES string of the molecule is CC(=O)[C@H]1CCC2=C3CCC4CCCC[C@]4(CO)[C@H]3CC[C@@]21C. The second kappa shape index (κ2) is 5.44. The third kappa shape index (κ3) is 2.06. The van der Waals surface area contributed by atoms with Crippen LogP contribution in [0, 0.1) is 28.6 Å². The molecule has 23 heavy (non-hydrogen) atoms. The van der Waals surface area contributed by atoms with Crippen molar-refractivity contribution >= 4 is 5.78 Å². The van der Waals surface area contributed by atoms with Crippen LogP contribution in [0.2, 0.25) is 0 Å². The lowest BCUT2D eigenvalue weighted by Crippen LogP contribution is -2.50. The summed E-state index contributed by atoms with van der Waals surface area (Å²) in [6.07, 6.45) is 12.3. The number of aliphatic hydroxyl groups is 1. The van der Waals surface area contributed by atoms with Crippen molar-refractivity contribution in [3.63, 3.8) is 0 Å². The zero-order valence-corrected chi connectivity index (χ0v) is 14.9. The lowest BCUT2D eigenvalue weighted by atomic mass is 9.49. The van der Waals surface area contributed by atoms with E-state index in [9.17, 15) is 9.90 Å². The first-order valence-electron chi connectivity index (χ1n) is 9.86. The van der Waals surface area contributed by atoms with E-state index in [1.807, 2.05) is 0 Å². The Bertz CT molecular complexity index is 548. The molecule has 0 bridgehead atoms. The zero-order chi connectivity index (χ0) is 16.2. The van der Waals surface area contributed by atoms with Crippen molar-refractivity contribution in [3.05, 3.63) is 11.1 Å². The predicted molar refractivity (Wildman–Crippen MR) is 92.0 cm³/mol. The number of fused-ring (bicyclic) bond motifs is 4. The average Bonchev–Trinajstić information content (AvgIpc) is 2.91. The van der Waals surface area contributed by atoms with Gasteiger partial charge in [-0.15, -0.1) is 0 Å². The Morgan fingerprint density at radius 3 is 2.70 bits per heavy atom. The summed E-state index contributed by atoms with van der Waals surface area (Å²) in [5, 5.41) is 10.4. The van der Waals surface area contributed by atoms with Gasteiger partial charge in [0.15, 0.2) is 0 Å². The minimum absolute atomic E-state index is 0.135. The van der Waals surface area contributed by atoms with E-state index in [1.54, 1.807) is 18.1 Å². The predicted octanol–water partition coefficient (Wildman–Crippen LogP) is 4.66. The maximum absolute atomic E-state index is 12.2. The summed E-state index contributed by atoms with van der Waals surface area (Å²) < 4.78 is 0. The Hall–Kier alpha value is -0.630. The Labute approximate surface area is 140 Å². The van der Waals surface area contributed by atoms with Crippen LogP contribution in [-0.4, -0.2) is 17.5 Å². The molecule has 1 N–H and O–H groups in total. The molecule has 3 saturated carbocycles. The van der Waals surface area contributed by atoms with Gasteiger partial charge in [-0.2, -0.15) is 0 Å². The summed E-state index contributed by atoms with van der Waals surface area (Å²) in [6, 6.07) is 0. The summed E-state index contributed by atoms with van der Waals surface area (Å²) in [5.74, 6) is 2.00. The molecular weight excluding hydrogens is 284 g/mol. The second-order valence-electron chi connectivity index (χ2n) is 9.09. The van der Waals surface area contributed by atoms with E-state index in [2.05, 4.69) is 6.92 Å². The highest BCUT2D eigenvalue weighted by molar-refractivity contribution is 5.80. The van der Waals surface area contributed by atoms with Crippen molar-refractivity contribution in [2.24, 2.45) is 28.6 Å². The first kappa shape index (κ1) is 15.9. The van der Waals surface area contributed by atoms with E-state index in [0.717, 1.165) is 25.2 Å². The Balaban J connectivity index is 1.76. The van der Waals surface area contributed by atoms with Crippen LogP contribution >= 0.6 is 0 Å². The van der Waals surface area contributed by atoms with E-state index >= 15 is 0 Å². The number of carbonyl (C=O) groups excluding carboxylic acids is 1. The first-order valence-corrected chi connectivity index (χ1v) is 9.86. The van der Waals surface area contributed by atoms with Gasteiger partial charge in [0.25, 0.3) is 0 Å². The van der Waals surface area contributed by atoms with Crippen LogP contribution in [0.15, 0.2) is 11.1 Å². The second-order valence-corrected chi connectivity index (χ2v) is 9.09. The number of Topliss-reactive ketones (excluding diaryl/α,β-unsaturated/α-hetero) is 1. The maximum Gasteiger partial charge on any atom is 0.133 e. The van der Waals surface area contributed by atoms with Gasteiger partial charge in [-0.3, -0.25) is 4.79 Å². The largest absolute Gasteiger partial charge is 0.396 e. The number of allylic oxidation sites excluding steroid dienone is 2. The molecule has 4 aliphatic rings. The number of hydrogen-bond donors (Lipinski definition) is 1.